The molecule has 29 nitrogen and oxygen atoms in total. The molecule has 0 bridgehead atoms. The van der Waals surface area contributed by atoms with Gasteiger partial charge in [0.2, 0.25) is 0 Å². The summed E-state index contributed by atoms with van der Waals surface area (Å²) in [4.78, 5) is 31.2. The van der Waals surface area contributed by atoms with E-state index in [-0.39, 0.29) is 48.3 Å². The molecule has 0 radical (unpaired) electrons. The Hall–Kier alpha value is -10.9. The summed E-state index contributed by atoms with van der Waals surface area (Å²) in [5.74, 6) is 2.84. The summed E-state index contributed by atoms with van der Waals surface area (Å²) >= 11 is 13.7. The quantitative estimate of drug-likeness (QED) is 0.0427. The van der Waals surface area contributed by atoms with Crippen molar-refractivity contribution >= 4 is 192 Å². The third-order valence-electron chi connectivity index (χ3n) is 29.1. The summed E-state index contributed by atoms with van der Waals surface area (Å²) in [6.07, 6.45) is 12.4. The molecular weight excluding hydrogens is 1900 g/mol. The van der Waals surface area contributed by atoms with Gasteiger partial charge in [-0.25, -0.2) is 39.4 Å². The van der Waals surface area contributed by atoms with E-state index in [1.165, 1.54) is 0 Å². The number of ether oxygens (including phenoxy) is 1. The van der Waals surface area contributed by atoms with Crippen LogP contribution in [0.1, 0.15) is 93.8 Å². The normalized spacial score (nSPS) is 27.8. The van der Waals surface area contributed by atoms with Crippen molar-refractivity contribution in [2.45, 2.75) is 150 Å². The molecule has 0 spiro atoms. The first-order chi connectivity index (χ1) is 61.8. The van der Waals surface area contributed by atoms with Crippen LogP contribution in [0.5, 0.6) is 5.75 Å². The molecule has 24 N–H and O–H groups in total. The maximum atomic E-state index is 11.2. The number of benzene rings is 4. The summed E-state index contributed by atoms with van der Waals surface area (Å²) in [5.41, 5.74) is 59.3. The number of aryl methyl sites for hydroxylation is 3. The first-order valence-corrected chi connectivity index (χ1v) is 46.3. The van der Waals surface area contributed by atoms with Gasteiger partial charge < -0.3 is 105 Å². The molecule has 0 aliphatic heterocycles. The fourth-order valence-electron chi connectivity index (χ4n) is 21.8. The minimum Gasteiger partial charge on any atom is -0.493 e. The van der Waals surface area contributed by atoms with Crippen molar-refractivity contribution in [2.24, 2.45) is 40.4 Å². The van der Waals surface area contributed by atoms with Crippen LogP contribution in [0.25, 0.3) is 82.2 Å². The fourth-order valence-corrected chi connectivity index (χ4v) is 23.1. The number of anilines is 8. The SMILES string of the molecule is C[C@@]1(CCc2ccc3cc(Br)c(N)nc3c2)[C@@H](O)[C@@H](O)[C@]2(c3ccc4c(N)ccnn34)C[C@@H]12.C[C@H]1[C@H](CCc2ccc3cc(Br)c(N)nc3c2)[C@@H](O)[C@@H](O)[C@@H]1n1ccc2c(N)ccnc21.C[C@]1(COc2ccc3cc(Br)c(N)nc3c2)C[C@@H](n2ccc3c(N)ccnc32)[C@H](O)[C@@H]1O.Nc1nc2cc(CC[C@@H]3[C@@H](O)[C@@H](O)[C@]4(n5ccc6c(N)ccnc65)C[C@@H]34)ccc2cc1Br. The average Bonchev–Trinajstić information content (AvgIpc) is 1.49. The number of hydrogen-bond acceptors (Lipinski definition) is 25. The van der Waals surface area contributed by atoms with Crippen molar-refractivity contribution in [2.75, 3.05) is 52.5 Å². The van der Waals surface area contributed by atoms with E-state index in [1.807, 2.05) is 141 Å². The van der Waals surface area contributed by atoms with Gasteiger partial charge >= 0.3 is 0 Å². The molecule has 0 saturated heterocycles. The number of nitrogens with zero attached hydrogens (tertiary/aromatic N) is 12. The highest BCUT2D eigenvalue weighted by atomic mass is 79.9. The molecule has 16 aromatic rings. The summed E-state index contributed by atoms with van der Waals surface area (Å²) in [5, 5.41) is 99.1. The molecule has 0 amide bonds. The molecule has 4 aromatic carbocycles. The molecule has 19 atom stereocenters. The molecule has 12 aromatic heterocycles. The highest BCUT2D eigenvalue weighted by Crippen LogP contribution is 2.73. The van der Waals surface area contributed by atoms with Gasteiger partial charge in [-0.1, -0.05) is 57.2 Å². The van der Waals surface area contributed by atoms with Gasteiger partial charge in [0.15, 0.2) is 0 Å². The smallest absolute Gasteiger partial charge is 0.142 e. The number of halogens is 4. The molecule has 12 heterocycles. The maximum absolute atomic E-state index is 11.2. The van der Waals surface area contributed by atoms with E-state index in [1.54, 1.807) is 49.1 Å². The first-order valence-electron chi connectivity index (χ1n) is 43.1. The Kier molecular flexibility index (Phi) is 22.7. The lowest BCUT2D eigenvalue weighted by Gasteiger charge is -2.32. The van der Waals surface area contributed by atoms with E-state index >= 15 is 0 Å². The predicted molar refractivity (Wildman–Crippen MR) is 517 cm³/mol. The van der Waals surface area contributed by atoms with Crippen molar-refractivity contribution in [1.82, 2.24) is 58.2 Å². The zero-order valence-corrected chi connectivity index (χ0v) is 77.0. The van der Waals surface area contributed by atoms with E-state index < -0.39 is 70.6 Å². The van der Waals surface area contributed by atoms with Gasteiger partial charge in [0.1, 0.15) is 64.3 Å². The maximum Gasteiger partial charge on any atom is 0.142 e. The minimum absolute atomic E-state index is 0.0159. The Morgan fingerprint density at radius 1 is 0.442 bits per heavy atom. The summed E-state index contributed by atoms with van der Waals surface area (Å²) < 4.78 is 16.9. The van der Waals surface area contributed by atoms with Crippen LogP contribution >= 0.6 is 63.7 Å². The van der Waals surface area contributed by atoms with Crippen molar-refractivity contribution in [3.63, 3.8) is 0 Å². The summed E-state index contributed by atoms with van der Waals surface area (Å²) in [6.45, 7) is 6.34. The van der Waals surface area contributed by atoms with Crippen molar-refractivity contribution in [1.29, 1.82) is 0 Å². The number of pyridine rings is 7. The number of nitrogens with two attached hydrogens (primary N) is 8. The number of hydrogen-bond donors (Lipinski definition) is 16. The monoisotopic (exact) mass is 1990 g/mol. The number of aromatic nitrogens is 12. The second-order valence-corrected chi connectivity index (χ2v) is 39.9. The molecule has 6 saturated carbocycles. The molecule has 22 rings (SSSR count). The molecule has 6 aliphatic rings. The molecule has 33 heteroatoms. The molecule has 6 fully saturated rings. The number of fused-ring (bicyclic) bond motifs is 10. The third-order valence-corrected chi connectivity index (χ3v) is 31.6. The van der Waals surface area contributed by atoms with Gasteiger partial charge in [-0.3, -0.25) is 0 Å². The minimum atomic E-state index is -0.962. The highest BCUT2D eigenvalue weighted by molar-refractivity contribution is 9.11. The largest absolute Gasteiger partial charge is 0.493 e. The molecule has 666 valence electrons. The standard InChI is InChI=1S/C25H26BrN5O2.C24H24BrN5O2.C24H26BrN5O2.C23H24BrN5O3/c1-24(8-6-13-2-3-14-11-15(26)23(28)30-17(14)10-13)19-12-25(19,22(33)21(24)32)20-5-4-18-16(27)7-9-29-31(18)20;25-17-10-13-3-1-12(9-19(13)29-22(17)27)2-4-14-16-11-24(16,21(32)20(14)31)30-8-6-15-18(26)5-7-28-23(15)30;1-12-15(5-3-13-2-4-14-11-17(25)23(27)29-19(14)10-13)21(31)22(32)20(12)30-9-7-16-18(26)6-8-28-24(16)30;1-23(11-32-13-3-2-12-8-15(24)21(26)28-17(12)9-13)10-18(19(30)20(23)31)29-7-5-14-16(25)4-6-27-22(14)29/h2-5,7,9-11,19,21-22,32-33H,6,8,12,27H2,1H3,(H2,28,30);1,3,5-10,14,16,20-21,31-32H,2,4,11H2,(H2,26,28)(H2,27,29);2,4,6-12,15,20-22,31-32H,3,5H2,1H3,(H2,26,28)(H2,27,29);2-9,18-20,30-31H,10-11H2,1H3,(H2,25,27)(H2,26,28)/t19-,21-,22+,24-,25+;14-,16-,20+,21+,24-;12-,15-,20+,21+,22-;18-,19+,20+,23-/m0001/s1. The Morgan fingerprint density at radius 2 is 0.922 bits per heavy atom. The predicted octanol–water partition coefficient (Wildman–Crippen LogP) is 13.6. The molecule has 129 heavy (non-hydrogen) atoms. The van der Waals surface area contributed by atoms with Crippen LogP contribution < -0.4 is 50.6 Å². The number of nitrogen functional groups attached to an aromatic ring is 8. The molecule has 6 aliphatic carbocycles. The Bertz CT molecular complexity index is 6980. The summed E-state index contributed by atoms with van der Waals surface area (Å²) in [7, 11) is 0. The molecule has 0 unspecified atom stereocenters. The van der Waals surface area contributed by atoms with Crippen LogP contribution in [0.4, 0.5) is 46.0 Å². The van der Waals surface area contributed by atoms with E-state index in [0.29, 0.717) is 63.8 Å². The second kappa shape index (κ2) is 33.5. The Labute approximate surface area is 774 Å². The number of aliphatic hydroxyl groups excluding tert-OH is 8. The lowest BCUT2D eigenvalue weighted by atomic mass is 9.77. The van der Waals surface area contributed by atoms with Crippen LogP contribution in [0, 0.1) is 40.4 Å². The zero-order chi connectivity index (χ0) is 90.5. The van der Waals surface area contributed by atoms with Gasteiger partial charge in [-0.15, -0.1) is 0 Å². The van der Waals surface area contributed by atoms with Gasteiger partial charge in [-0.05, 0) is 277 Å². The van der Waals surface area contributed by atoms with Crippen LogP contribution in [-0.4, -0.2) is 154 Å². The van der Waals surface area contributed by atoms with E-state index in [9.17, 15) is 40.9 Å². The highest BCUT2D eigenvalue weighted by Gasteiger charge is 2.77. The zero-order valence-electron chi connectivity index (χ0n) is 70.7. The fraction of sp³-hybridized carbons (Fsp3) is 0.333. The first kappa shape index (κ1) is 87.4. The lowest BCUT2D eigenvalue weighted by molar-refractivity contribution is -0.0443. The Balaban J connectivity index is 0.000000112. The topological polar surface area (TPSA) is 502 Å². The lowest BCUT2D eigenvalue weighted by Crippen LogP contribution is -2.40. The van der Waals surface area contributed by atoms with E-state index in [0.717, 1.165) is 168 Å². The number of rotatable bonds is 16. The Morgan fingerprint density at radius 3 is 1.48 bits per heavy atom. The van der Waals surface area contributed by atoms with Crippen molar-refractivity contribution in [3.05, 3.63) is 235 Å². The third kappa shape index (κ3) is 15.1. The van der Waals surface area contributed by atoms with Gasteiger partial charge in [0, 0.05) is 120 Å². The average molecular weight is 2000 g/mol. The van der Waals surface area contributed by atoms with Crippen LogP contribution in [0.15, 0.2) is 213 Å². The van der Waals surface area contributed by atoms with Crippen LogP contribution in [0.3, 0.4) is 0 Å². The summed E-state index contributed by atoms with van der Waals surface area (Å²) in [6, 6.07) is 48.1. The second-order valence-electron chi connectivity index (χ2n) is 36.5. The van der Waals surface area contributed by atoms with Gasteiger partial charge in [0.05, 0.1) is 112 Å². The molecular formula is C96H100Br4N20O9. The van der Waals surface area contributed by atoms with Crippen LogP contribution in [-0.2, 0) is 30.2 Å². The van der Waals surface area contributed by atoms with E-state index in [4.69, 9.17) is 50.6 Å². The van der Waals surface area contributed by atoms with Crippen LogP contribution in [0.2, 0.25) is 0 Å². The number of aliphatic hydroxyl groups is 8. The van der Waals surface area contributed by atoms with Crippen molar-refractivity contribution < 1.29 is 45.6 Å². The van der Waals surface area contributed by atoms with Gasteiger partial charge in [0.25, 0.3) is 0 Å². The van der Waals surface area contributed by atoms with Gasteiger partial charge in [-0.2, -0.15) is 5.10 Å². The van der Waals surface area contributed by atoms with Crippen molar-refractivity contribution in [3.8, 4) is 5.75 Å². The van der Waals surface area contributed by atoms with E-state index in [2.05, 4.69) is 148 Å².